The molecular formula is C59H74O34. The molecule has 0 aromatic heterocycles. The van der Waals surface area contributed by atoms with Gasteiger partial charge in [0.25, 0.3) is 0 Å². The molecule has 3 aromatic rings. The van der Waals surface area contributed by atoms with Crippen molar-refractivity contribution < 1.29 is 167 Å². The summed E-state index contributed by atoms with van der Waals surface area (Å²) in [6.45, 7) is -5.60. The van der Waals surface area contributed by atoms with E-state index in [1.165, 1.54) is 87.0 Å². The Morgan fingerprint density at radius 1 is 0.495 bits per heavy atom. The van der Waals surface area contributed by atoms with Gasteiger partial charge in [-0.2, -0.15) is 0 Å². The van der Waals surface area contributed by atoms with Crippen LogP contribution in [0.3, 0.4) is 0 Å². The van der Waals surface area contributed by atoms with Crippen molar-refractivity contribution in [2.75, 3.05) is 53.9 Å². The van der Waals surface area contributed by atoms with Gasteiger partial charge < -0.3 is 148 Å². The number of carbonyl (C=O) groups is 4. The largest absolute Gasteiger partial charge is 0.504 e. The fourth-order valence-electron chi connectivity index (χ4n) is 10.6. The maximum absolute atomic E-state index is 14.2. The van der Waals surface area contributed by atoms with Crippen LogP contribution in [0.2, 0.25) is 0 Å². The van der Waals surface area contributed by atoms with Crippen LogP contribution in [0.4, 0.5) is 0 Å². The van der Waals surface area contributed by atoms with Crippen LogP contribution in [0.5, 0.6) is 23.0 Å². The molecule has 5 aliphatic rings. The molecule has 0 saturated carbocycles. The number of phenols is 2. The first-order valence-corrected chi connectivity index (χ1v) is 28.8. The van der Waals surface area contributed by atoms with Crippen LogP contribution in [-0.2, 0) is 76.0 Å². The molecule has 514 valence electrons. The van der Waals surface area contributed by atoms with Crippen molar-refractivity contribution in [2.45, 2.75) is 154 Å². The highest BCUT2D eigenvalue weighted by Gasteiger charge is 2.64. The van der Waals surface area contributed by atoms with E-state index < -0.39 is 210 Å². The smallest absolute Gasteiger partial charge is 0.338 e. The fraction of sp³-hybridized carbons (Fsp3) is 0.559. The van der Waals surface area contributed by atoms with Gasteiger partial charge in [0.05, 0.1) is 46.2 Å². The first-order chi connectivity index (χ1) is 44.4. The monoisotopic (exact) mass is 1330 g/mol. The number of phenolic OH excluding ortho intramolecular Hbond substituents is 2. The van der Waals surface area contributed by atoms with Gasteiger partial charge in [0.2, 0.25) is 5.79 Å². The maximum Gasteiger partial charge on any atom is 0.338 e. The average molecular weight is 1330 g/mol. The molecule has 8 rings (SSSR count). The van der Waals surface area contributed by atoms with Gasteiger partial charge in [-0.15, -0.1) is 0 Å². The van der Waals surface area contributed by atoms with E-state index in [0.29, 0.717) is 0 Å². The summed E-state index contributed by atoms with van der Waals surface area (Å²) < 4.78 is 88.1. The highest BCUT2D eigenvalue weighted by molar-refractivity contribution is 5.90. The van der Waals surface area contributed by atoms with E-state index in [2.05, 4.69) is 0 Å². The second-order valence-corrected chi connectivity index (χ2v) is 21.7. The molecule has 5 saturated heterocycles. The molecular weight excluding hydrogens is 1250 g/mol. The van der Waals surface area contributed by atoms with Crippen LogP contribution >= 0.6 is 0 Å². The molecule has 0 bridgehead atoms. The standard InChI is InChI=1S/C59H74O34/c1-25(64)81-23-37-49(88-55-46(75)43(72)40(69)33(19-60)83-55)45(74)48(77)57(86-37)89-51-50(87-39(68)16-12-27-10-14-30(66)32(18-27)80-3)36(22-63)85-58(52(51)90-56-47(76)44(73)41(70)34(20-61)84-56)93-59(24-82-38(67)15-11-26-9-13-29(65)31(17-26)79-2)53(42(71)35(21-62)92-59)91-54(78)28-7-5-4-6-8-28/h4-18,33-37,40-53,55-58,60-63,65-66,69-77H,19-24H2,1-3H3/t33-,34-,35-,36+,37+,40+,41+,42+,43-,44+,45-,46+,47+,48+,49-,50+,51+,52-,53+,55-,56-,57+,58+,59-/m0/s1. The fourth-order valence-corrected chi connectivity index (χ4v) is 10.6. The third-order valence-electron chi connectivity index (χ3n) is 15.5. The number of methoxy groups -OCH3 is 2. The Morgan fingerprint density at radius 2 is 0.978 bits per heavy atom. The second-order valence-electron chi connectivity index (χ2n) is 21.7. The normalized spacial score (nSPS) is 36.3. The zero-order chi connectivity index (χ0) is 67.6. The molecule has 5 aliphatic heterocycles. The van der Waals surface area contributed by atoms with E-state index in [9.17, 15) is 95.8 Å². The molecule has 0 aliphatic carbocycles. The lowest BCUT2D eigenvalue weighted by Gasteiger charge is -2.51. The molecule has 0 spiro atoms. The van der Waals surface area contributed by atoms with Crippen LogP contribution in [0.25, 0.3) is 12.2 Å². The summed E-state index contributed by atoms with van der Waals surface area (Å²) in [5.41, 5.74) is 0.355. The number of ether oxygens (including phenoxy) is 15. The lowest BCUT2D eigenvalue weighted by molar-refractivity contribution is -0.423. The summed E-state index contributed by atoms with van der Waals surface area (Å²) in [6, 6.07) is 15.0. The van der Waals surface area contributed by atoms with Crippen molar-refractivity contribution in [1.82, 2.24) is 0 Å². The summed E-state index contributed by atoms with van der Waals surface area (Å²) in [5, 5.41) is 164. The molecule has 24 atom stereocenters. The van der Waals surface area contributed by atoms with Crippen molar-refractivity contribution in [2.24, 2.45) is 0 Å². The summed E-state index contributed by atoms with van der Waals surface area (Å²) in [6.07, 6.45) is -45.1. The Bertz CT molecular complexity index is 3020. The van der Waals surface area contributed by atoms with E-state index in [0.717, 1.165) is 19.1 Å². The number of benzene rings is 3. The lowest BCUT2D eigenvalue weighted by atomic mass is 9.95. The third-order valence-corrected chi connectivity index (χ3v) is 15.5. The van der Waals surface area contributed by atoms with Crippen LogP contribution in [0.15, 0.2) is 78.9 Å². The molecule has 3 aromatic carbocycles. The van der Waals surface area contributed by atoms with Crippen LogP contribution in [-0.4, -0.2) is 301 Å². The first-order valence-electron chi connectivity index (χ1n) is 28.8. The number of aliphatic hydroxyl groups excluding tert-OH is 13. The zero-order valence-corrected chi connectivity index (χ0v) is 49.6. The number of rotatable bonds is 25. The second kappa shape index (κ2) is 32.2. The van der Waals surface area contributed by atoms with Gasteiger partial charge in [-0.3, -0.25) is 4.79 Å². The van der Waals surface area contributed by atoms with Crippen molar-refractivity contribution in [3.05, 3.63) is 95.6 Å². The Balaban J connectivity index is 1.26. The SMILES string of the molecule is COc1cc(C=CC(=O)OC[C@@]2(O[C@H]3O[C@H](CO)[C@@H](OC(=O)C=Cc4ccc(O)c(OC)c4)[C@@H](O[C@H]4O[C@H](COC(C)=O)[C@H](O[C@@H]5O[C@@H](CO)[C@@H](O)[C@H](O)[C@H]5O)[C@@H](O)[C@H]4O)[C@@H]3O[C@@H]3O[C@@H](CO)[C@@H](O)[C@@H](O)[C@H]3O)O[C@@H](CO)[C@@H](O)[C@H]2OC(=O)c2ccccc2)ccc1O. The van der Waals surface area contributed by atoms with Gasteiger partial charge in [0.1, 0.15) is 117 Å². The topological polar surface area (TPSA) is 510 Å². The Morgan fingerprint density at radius 3 is 1.49 bits per heavy atom. The minimum atomic E-state index is -2.99. The Kier molecular flexibility index (Phi) is 25.0. The highest BCUT2D eigenvalue weighted by atomic mass is 16.8. The predicted molar refractivity (Wildman–Crippen MR) is 301 cm³/mol. The van der Waals surface area contributed by atoms with Gasteiger partial charge in [0, 0.05) is 19.1 Å². The molecule has 93 heavy (non-hydrogen) atoms. The van der Waals surface area contributed by atoms with Gasteiger partial charge in [-0.05, 0) is 59.7 Å². The molecule has 5 fully saturated rings. The molecule has 34 heteroatoms. The van der Waals surface area contributed by atoms with E-state index in [-0.39, 0.29) is 39.7 Å². The van der Waals surface area contributed by atoms with Crippen LogP contribution in [0, 0.1) is 0 Å². The van der Waals surface area contributed by atoms with E-state index in [4.69, 9.17) is 71.1 Å². The summed E-state index contributed by atoms with van der Waals surface area (Å²) in [4.78, 5) is 54.5. The first kappa shape index (κ1) is 72.2. The van der Waals surface area contributed by atoms with Crippen molar-refractivity contribution in [1.29, 1.82) is 0 Å². The number of hydrogen-bond donors (Lipinski definition) is 15. The highest BCUT2D eigenvalue weighted by Crippen LogP contribution is 2.43. The quantitative estimate of drug-likeness (QED) is 0.0214. The summed E-state index contributed by atoms with van der Waals surface area (Å²) >= 11 is 0. The van der Waals surface area contributed by atoms with Crippen LogP contribution in [0.1, 0.15) is 28.4 Å². The van der Waals surface area contributed by atoms with Gasteiger partial charge in [0.15, 0.2) is 60.4 Å². The number of aliphatic hydroxyl groups is 13. The van der Waals surface area contributed by atoms with Crippen molar-refractivity contribution in [3.63, 3.8) is 0 Å². The minimum Gasteiger partial charge on any atom is -0.504 e. The van der Waals surface area contributed by atoms with E-state index in [1.54, 1.807) is 6.07 Å². The Labute approximate surface area is 527 Å². The third kappa shape index (κ3) is 16.7. The van der Waals surface area contributed by atoms with E-state index >= 15 is 0 Å². The van der Waals surface area contributed by atoms with Crippen LogP contribution < -0.4 is 9.47 Å². The summed E-state index contributed by atoms with van der Waals surface area (Å²) in [5.74, 6) is -8.24. The molecule has 0 amide bonds. The average Bonchev–Trinajstić information content (AvgIpc) is 1.74. The zero-order valence-electron chi connectivity index (χ0n) is 49.6. The predicted octanol–water partition coefficient (Wildman–Crippen LogP) is -5.53. The summed E-state index contributed by atoms with van der Waals surface area (Å²) in [7, 11) is 2.52. The molecule has 34 nitrogen and oxygen atoms in total. The maximum atomic E-state index is 14.2. The van der Waals surface area contributed by atoms with Gasteiger partial charge in [-0.25, -0.2) is 14.4 Å². The molecule has 15 N–H and O–H groups in total. The molecule has 5 heterocycles. The van der Waals surface area contributed by atoms with Gasteiger partial charge in [-0.1, -0.05) is 30.3 Å². The number of hydrogen-bond acceptors (Lipinski definition) is 34. The van der Waals surface area contributed by atoms with Gasteiger partial charge >= 0.3 is 23.9 Å². The van der Waals surface area contributed by atoms with E-state index in [1.807, 2.05) is 0 Å². The van der Waals surface area contributed by atoms with Crippen molar-refractivity contribution in [3.8, 4) is 23.0 Å². The molecule has 0 radical (unpaired) electrons. The van der Waals surface area contributed by atoms with Crippen molar-refractivity contribution >= 4 is 36.0 Å². The Hall–Kier alpha value is -6.66. The molecule has 0 unspecified atom stereocenters. The number of carbonyl (C=O) groups excluding carboxylic acids is 4. The lowest BCUT2D eigenvalue weighted by Crippen LogP contribution is -2.69. The number of aromatic hydroxyl groups is 2. The number of esters is 4. The minimum absolute atomic E-state index is 0.0111.